The van der Waals surface area contributed by atoms with Crippen LogP contribution in [0.25, 0.3) is 0 Å². The Labute approximate surface area is 164 Å². The molecule has 0 spiro atoms. The number of carbonyl (C=O) groups is 2. The number of ketones is 1. The molecule has 0 bridgehead atoms. The number of carbonyl (C=O) groups excluding carboxylic acids is 2. The Morgan fingerprint density at radius 3 is 2.82 bits per heavy atom. The molecule has 1 saturated heterocycles. The number of aromatic nitrogens is 2. The summed E-state index contributed by atoms with van der Waals surface area (Å²) in [7, 11) is 3.34. The van der Waals surface area contributed by atoms with Crippen LogP contribution < -0.4 is 15.2 Å². The first-order valence-corrected chi connectivity index (χ1v) is 9.37. The third-order valence-corrected chi connectivity index (χ3v) is 4.91. The van der Waals surface area contributed by atoms with Crippen molar-refractivity contribution in [3.63, 3.8) is 0 Å². The summed E-state index contributed by atoms with van der Waals surface area (Å²) in [5, 5.41) is 0. The maximum atomic E-state index is 13.0. The van der Waals surface area contributed by atoms with Crippen LogP contribution in [0.5, 0.6) is 11.5 Å². The van der Waals surface area contributed by atoms with Gasteiger partial charge in [-0.15, -0.1) is 0 Å². The minimum atomic E-state index is -0.245. The first kappa shape index (κ1) is 19.9. The van der Waals surface area contributed by atoms with Gasteiger partial charge in [0, 0.05) is 50.6 Å². The van der Waals surface area contributed by atoms with Gasteiger partial charge in [0.25, 0.3) is 5.91 Å². The molecule has 1 atom stereocenters. The first-order chi connectivity index (χ1) is 13.5. The van der Waals surface area contributed by atoms with Crippen molar-refractivity contribution in [2.75, 3.05) is 33.4 Å². The summed E-state index contributed by atoms with van der Waals surface area (Å²) in [5.41, 5.74) is 6.00. The van der Waals surface area contributed by atoms with Gasteiger partial charge < -0.3 is 24.7 Å². The van der Waals surface area contributed by atoms with Crippen molar-refractivity contribution in [2.24, 2.45) is 18.7 Å². The Hall–Kier alpha value is -2.87. The predicted octanol–water partition coefficient (Wildman–Crippen LogP) is 1.50. The molecule has 8 heteroatoms. The SMILES string of the molecule is COc1ccc(C(=O)N2CCC[C@@H](C(=O)c3nccn3C)C2)cc1OCCN. The second-order valence-corrected chi connectivity index (χ2v) is 6.82. The predicted molar refractivity (Wildman–Crippen MR) is 104 cm³/mol. The summed E-state index contributed by atoms with van der Waals surface area (Å²) in [6.07, 6.45) is 4.89. The van der Waals surface area contributed by atoms with E-state index < -0.39 is 0 Å². The summed E-state index contributed by atoms with van der Waals surface area (Å²) >= 11 is 0. The fourth-order valence-electron chi connectivity index (χ4n) is 3.44. The van der Waals surface area contributed by atoms with Crippen molar-refractivity contribution in [2.45, 2.75) is 12.8 Å². The van der Waals surface area contributed by atoms with E-state index in [1.807, 2.05) is 0 Å². The number of rotatable bonds is 7. The molecule has 3 rings (SSSR count). The molecule has 2 aromatic rings. The number of amides is 1. The van der Waals surface area contributed by atoms with Gasteiger partial charge in [-0.1, -0.05) is 0 Å². The number of hydrogen-bond donors (Lipinski definition) is 1. The molecular weight excluding hydrogens is 360 g/mol. The highest BCUT2D eigenvalue weighted by Crippen LogP contribution is 2.29. The minimum absolute atomic E-state index is 0.0216. The van der Waals surface area contributed by atoms with Crippen LogP contribution in [-0.2, 0) is 7.05 Å². The molecule has 2 heterocycles. The fraction of sp³-hybridized carbons (Fsp3) is 0.450. The number of nitrogens with zero attached hydrogens (tertiary/aromatic N) is 3. The Balaban J connectivity index is 1.75. The molecule has 1 aliphatic heterocycles. The van der Waals surface area contributed by atoms with Crippen molar-refractivity contribution in [3.05, 3.63) is 42.0 Å². The van der Waals surface area contributed by atoms with Crippen LogP contribution >= 0.6 is 0 Å². The zero-order valence-corrected chi connectivity index (χ0v) is 16.3. The number of ether oxygens (including phenoxy) is 2. The van der Waals surface area contributed by atoms with E-state index in [-0.39, 0.29) is 17.6 Å². The normalized spacial score (nSPS) is 16.7. The lowest BCUT2D eigenvalue weighted by atomic mass is 9.92. The van der Waals surface area contributed by atoms with Crippen LogP contribution in [0.4, 0.5) is 0 Å². The second kappa shape index (κ2) is 8.88. The van der Waals surface area contributed by atoms with E-state index >= 15 is 0 Å². The van der Waals surface area contributed by atoms with Crippen molar-refractivity contribution in [1.29, 1.82) is 0 Å². The van der Waals surface area contributed by atoms with Gasteiger partial charge in [-0.2, -0.15) is 0 Å². The highest BCUT2D eigenvalue weighted by molar-refractivity contribution is 5.97. The van der Waals surface area contributed by atoms with Gasteiger partial charge in [0.2, 0.25) is 5.78 Å². The van der Waals surface area contributed by atoms with Crippen LogP contribution in [0, 0.1) is 5.92 Å². The summed E-state index contributed by atoms with van der Waals surface area (Å²) < 4.78 is 12.6. The molecule has 1 fully saturated rings. The number of benzene rings is 1. The number of nitrogens with two attached hydrogens (primary N) is 1. The van der Waals surface area contributed by atoms with Crippen LogP contribution in [0.15, 0.2) is 30.6 Å². The molecule has 0 unspecified atom stereocenters. The smallest absolute Gasteiger partial charge is 0.254 e. The fourth-order valence-corrected chi connectivity index (χ4v) is 3.44. The van der Waals surface area contributed by atoms with Crippen molar-refractivity contribution in [3.8, 4) is 11.5 Å². The van der Waals surface area contributed by atoms with E-state index in [4.69, 9.17) is 15.2 Å². The number of Topliss-reactive ketones (excluding diaryl/α,β-unsaturated/α-hetero) is 1. The largest absolute Gasteiger partial charge is 0.493 e. The van der Waals surface area contributed by atoms with Gasteiger partial charge in [-0.3, -0.25) is 9.59 Å². The highest BCUT2D eigenvalue weighted by atomic mass is 16.5. The van der Waals surface area contributed by atoms with Crippen molar-refractivity contribution < 1.29 is 19.1 Å². The van der Waals surface area contributed by atoms with Gasteiger partial charge in [0.05, 0.1) is 7.11 Å². The van der Waals surface area contributed by atoms with Gasteiger partial charge in [-0.05, 0) is 31.0 Å². The Morgan fingerprint density at radius 2 is 2.14 bits per heavy atom. The Bertz CT molecular complexity index is 848. The summed E-state index contributed by atoms with van der Waals surface area (Å²) in [4.78, 5) is 31.7. The number of likely N-dealkylation sites (tertiary alicyclic amines) is 1. The summed E-state index contributed by atoms with van der Waals surface area (Å²) in [5.74, 6) is 1.07. The van der Waals surface area contributed by atoms with E-state index in [1.54, 1.807) is 54.2 Å². The molecule has 0 saturated carbocycles. The molecule has 1 aromatic carbocycles. The lowest BCUT2D eigenvalue weighted by molar-refractivity contribution is 0.0632. The second-order valence-electron chi connectivity index (χ2n) is 6.82. The van der Waals surface area contributed by atoms with Crippen LogP contribution in [0.3, 0.4) is 0 Å². The summed E-state index contributed by atoms with van der Waals surface area (Å²) in [6, 6.07) is 5.08. The molecular formula is C20H26N4O4. The number of methoxy groups -OCH3 is 1. The first-order valence-electron chi connectivity index (χ1n) is 9.37. The maximum absolute atomic E-state index is 13.0. The molecule has 28 heavy (non-hydrogen) atoms. The van der Waals surface area contributed by atoms with E-state index in [0.717, 1.165) is 12.8 Å². The zero-order chi connectivity index (χ0) is 20.1. The highest BCUT2D eigenvalue weighted by Gasteiger charge is 2.31. The maximum Gasteiger partial charge on any atom is 0.254 e. The monoisotopic (exact) mass is 386 g/mol. The topological polar surface area (TPSA) is 99.7 Å². The van der Waals surface area contributed by atoms with E-state index in [1.165, 1.54) is 0 Å². The van der Waals surface area contributed by atoms with Gasteiger partial charge in [0.15, 0.2) is 17.3 Å². The standard InChI is InChI=1S/C20H26N4O4/c1-23-10-8-22-19(23)18(25)15-4-3-9-24(13-15)20(26)14-5-6-16(27-2)17(12-14)28-11-7-21/h5-6,8,10,12,15H,3-4,7,9,11,13,21H2,1-2H3/t15-/m1/s1. The molecule has 2 N–H and O–H groups in total. The zero-order valence-electron chi connectivity index (χ0n) is 16.3. The average Bonchev–Trinajstić information content (AvgIpc) is 3.16. The van der Waals surface area contributed by atoms with Gasteiger partial charge in [-0.25, -0.2) is 4.98 Å². The average molecular weight is 386 g/mol. The third-order valence-electron chi connectivity index (χ3n) is 4.91. The lowest BCUT2D eigenvalue weighted by Gasteiger charge is -2.32. The lowest BCUT2D eigenvalue weighted by Crippen LogP contribution is -2.42. The molecule has 1 amide bonds. The van der Waals surface area contributed by atoms with Crippen molar-refractivity contribution >= 4 is 11.7 Å². The van der Waals surface area contributed by atoms with E-state index in [0.29, 0.717) is 49.1 Å². The van der Waals surface area contributed by atoms with Crippen LogP contribution in [0.1, 0.15) is 33.8 Å². The Morgan fingerprint density at radius 1 is 1.32 bits per heavy atom. The van der Waals surface area contributed by atoms with E-state index in [2.05, 4.69) is 4.98 Å². The minimum Gasteiger partial charge on any atom is -0.493 e. The molecule has 0 radical (unpaired) electrons. The summed E-state index contributed by atoms with van der Waals surface area (Å²) in [6.45, 7) is 1.70. The molecule has 0 aliphatic carbocycles. The number of imidazole rings is 1. The van der Waals surface area contributed by atoms with Gasteiger partial charge >= 0.3 is 0 Å². The number of hydrogen-bond acceptors (Lipinski definition) is 6. The van der Waals surface area contributed by atoms with Gasteiger partial charge in [0.1, 0.15) is 6.61 Å². The van der Waals surface area contributed by atoms with Crippen LogP contribution in [-0.4, -0.2) is 59.5 Å². The molecule has 8 nitrogen and oxygen atoms in total. The van der Waals surface area contributed by atoms with E-state index in [9.17, 15) is 9.59 Å². The molecule has 150 valence electrons. The third kappa shape index (κ3) is 4.17. The number of aryl methyl sites for hydroxylation is 1. The molecule has 1 aliphatic rings. The quantitative estimate of drug-likeness (QED) is 0.724. The van der Waals surface area contributed by atoms with Crippen LogP contribution in [0.2, 0.25) is 0 Å². The van der Waals surface area contributed by atoms with Crippen molar-refractivity contribution in [1.82, 2.24) is 14.5 Å². The number of piperidine rings is 1. The molecule has 1 aromatic heterocycles. The Kier molecular flexibility index (Phi) is 6.30.